The zero-order valence-corrected chi connectivity index (χ0v) is 19.0. The second-order valence-corrected chi connectivity index (χ2v) is 8.66. The molecular weight excluding hydrogens is 412 g/mol. The number of amides is 2. The van der Waals surface area contributed by atoms with E-state index in [4.69, 9.17) is 4.74 Å². The first-order chi connectivity index (χ1) is 16.1. The van der Waals surface area contributed by atoms with Crippen LogP contribution in [-0.4, -0.2) is 30.3 Å². The quantitative estimate of drug-likeness (QED) is 0.462. The number of rotatable bonds is 7. The molecule has 0 radical (unpaired) electrons. The lowest BCUT2D eigenvalue weighted by atomic mass is 9.89. The van der Waals surface area contributed by atoms with Gasteiger partial charge in [0.15, 0.2) is 0 Å². The third kappa shape index (κ3) is 6.22. The van der Waals surface area contributed by atoms with Crippen molar-refractivity contribution in [3.05, 3.63) is 90.0 Å². The molecule has 0 aliphatic heterocycles. The van der Waals surface area contributed by atoms with Gasteiger partial charge >= 0.3 is 0 Å². The molecule has 1 saturated carbocycles. The molecule has 0 unspecified atom stereocenters. The largest absolute Gasteiger partial charge is 0.457 e. The van der Waals surface area contributed by atoms with Crippen molar-refractivity contribution >= 4 is 17.5 Å². The van der Waals surface area contributed by atoms with Crippen LogP contribution in [0.25, 0.3) is 0 Å². The molecular formula is C28H30N2O3. The molecule has 33 heavy (non-hydrogen) atoms. The summed E-state index contributed by atoms with van der Waals surface area (Å²) in [5.41, 5.74) is 1.81. The fourth-order valence-electron chi connectivity index (χ4n) is 4.26. The van der Waals surface area contributed by atoms with E-state index in [1.807, 2.05) is 42.3 Å². The molecule has 0 spiro atoms. The van der Waals surface area contributed by atoms with Gasteiger partial charge in [-0.25, -0.2) is 0 Å². The number of benzene rings is 3. The van der Waals surface area contributed by atoms with Gasteiger partial charge in [-0.3, -0.25) is 9.59 Å². The van der Waals surface area contributed by atoms with E-state index in [9.17, 15) is 9.59 Å². The van der Waals surface area contributed by atoms with Crippen LogP contribution in [0.15, 0.2) is 78.9 Å². The number of carbonyl (C=O) groups excluding carboxylic acids is 2. The number of hydrogen-bond acceptors (Lipinski definition) is 3. The van der Waals surface area contributed by atoms with Gasteiger partial charge in [0, 0.05) is 30.4 Å². The molecule has 1 aliphatic carbocycles. The third-order valence-electron chi connectivity index (χ3n) is 6.09. The Morgan fingerprint density at radius 3 is 2.09 bits per heavy atom. The van der Waals surface area contributed by atoms with E-state index in [0.29, 0.717) is 28.5 Å². The predicted molar refractivity (Wildman–Crippen MR) is 131 cm³/mol. The standard InChI is InChI=1S/C28H30N2O3/c1-30(20-21-8-4-2-5-9-21)28(32)23-12-16-24(17-13-23)29-27(31)22-14-18-26(19-15-22)33-25-10-6-3-7-11-25/h3,6-7,10-19,21H,2,4-5,8-9,20H2,1H3,(H,29,31). The van der Waals surface area contributed by atoms with Crippen molar-refractivity contribution in [3.8, 4) is 11.5 Å². The van der Waals surface area contributed by atoms with Gasteiger partial charge in [-0.2, -0.15) is 0 Å². The Hall–Kier alpha value is -3.60. The Morgan fingerprint density at radius 2 is 1.42 bits per heavy atom. The van der Waals surface area contributed by atoms with E-state index in [1.54, 1.807) is 48.5 Å². The van der Waals surface area contributed by atoms with Gasteiger partial charge in [-0.05, 0) is 79.4 Å². The van der Waals surface area contributed by atoms with E-state index in [2.05, 4.69) is 5.32 Å². The second-order valence-electron chi connectivity index (χ2n) is 8.66. The molecule has 1 aliphatic rings. The third-order valence-corrected chi connectivity index (χ3v) is 6.09. The molecule has 5 heteroatoms. The zero-order valence-electron chi connectivity index (χ0n) is 19.0. The van der Waals surface area contributed by atoms with Crippen LogP contribution in [0.4, 0.5) is 5.69 Å². The molecule has 2 amide bonds. The highest BCUT2D eigenvalue weighted by atomic mass is 16.5. The van der Waals surface area contributed by atoms with Crippen molar-refractivity contribution in [2.24, 2.45) is 5.92 Å². The summed E-state index contributed by atoms with van der Waals surface area (Å²) in [5, 5.41) is 2.88. The van der Waals surface area contributed by atoms with Crippen LogP contribution in [0, 0.1) is 5.92 Å². The van der Waals surface area contributed by atoms with Gasteiger partial charge in [0.2, 0.25) is 0 Å². The SMILES string of the molecule is CN(CC1CCCCC1)C(=O)c1ccc(NC(=O)c2ccc(Oc3ccccc3)cc2)cc1. The predicted octanol–water partition coefficient (Wildman–Crippen LogP) is 6.38. The summed E-state index contributed by atoms with van der Waals surface area (Å²) < 4.78 is 5.77. The Morgan fingerprint density at radius 1 is 0.818 bits per heavy atom. The van der Waals surface area contributed by atoms with Crippen LogP contribution >= 0.6 is 0 Å². The van der Waals surface area contributed by atoms with E-state index in [-0.39, 0.29) is 11.8 Å². The highest BCUT2D eigenvalue weighted by Crippen LogP contribution is 2.25. The molecule has 0 saturated heterocycles. The molecule has 3 aromatic rings. The minimum absolute atomic E-state index is 0.0208. The van der Waals surface area contributed by atoms with Crippen LogP contribution < -0.4 is 10.1 Å². The molecule has 0 heterocycles. The molecule has 4 rings (SSSR count). The van der Waals surface area contributed by atoms with Crippen molar-refractivity contribution < 1.29 is 14.3 Å². The van der Waals surface area contributed by atoms with Gasteiger partial charge in [-0.15, -0.1) is 0 Å². The van der Waals surface area contributed by atoms with Crippen LogP contribution in [-0.2, 0) is 0 Å². The van der Waals surface area contributed by atoms with Gasteiger partial charge in [-0.1, -0.05) is 37.5 Å². The van der Waals surface area contributed by atoms with E-state index < -0.39 is 0 Å². The summed E-state index contributed by atoms with van der Waals surface area (Å²) in [6.45, 7) is 0.807. The lowest BCUT2D eigenvalue weighted by molar-refractivity contribution is 0.0760. The summed E-state index contributed by atoms with van der Waals surface area (Å²) in [5.74, 6) is 1.82. The zero-order chi connectivity index (χ0) is 23.0. The molecule has 1 fully saturated rings. The van der Waals surface area contributed by atoms with Crippen molar-refractivity contribution in [2.45, 2.75) is 32.1 Å². The van der Waals surface area contributed by atoms with Crippen molar-refractivity contribution in [2.75, 3.05) is 18.9 Å². The Balaban J connectivity index is 1.31. The smallest absolute Gasteiger partial charge is 0.255 e. The lowest BCUT2D eigenvalue weighted by Gasteiger charge is -2.27. The normalized spacial score (nSPS) is 13.8. The molecule has 0 aromatic heterocycles. The summed E-state index contributed by atoms with van der Waals surface area (Å²) in [6, 6.07) is 23.6. The maximum atomic E-state index is 12.8. The van der Waals surface area contributed by atoms with Crippen LogP contribution in [0.5, 0.6) is 11.5 Å². The first-order valence-electron chi connectivity index (χ1n) is 11.6. The summed E-state index contributed by atoms with van der Waals surface area (Å²) in [4.78, 5) is 27.2. The first kappa shape index (κ1) is 22.6. The van der Waals surface area contributed by atoms with Gasteiger partial charge < -0.3 is 15.0 Å². The van der Waals surface area contributed by atoms with Crippen LogP contribution in [0.2, 0.25) is 0 Å². The second kappa shape index (κ2) is 10.8. The van der Waals surface area contributed by atoms with Gasteiger partial charge in [0.05, 0.1) is 0 Å². The maximum absolute atomic E-state index is 12.8. The molecule has 3 aromatic carbocycles. The molecule has 0 atom stereocenters. The Labute approximate surface area is 195 Å². The van der Waals surface area contributed by atoms with Gasteiger partial charge in [0.25, 0.3) is 11.8 Å². The number of anilines is 1. The highest BCUT2D eigenvalue weighted by molar-refractivity contribution is 6.04. The topological polar surface area (TPSA) is 58.6 Å². The lowest BCUT2D eigenvalue weighted by Crippen LogP contribution is -2.32. The average Bonchev–Trinajstić information content (AvgIpc) is 2.86. The number of ether oxygens (including phenoxy) is 1. The molecule has 0 bridgehead atoms. The van der Waals surface area contributed by atoms with Crippen LogP contribution in [0.3, 0.4) is 0 Å². The number of nitrogens with one attached hydrogen (secondary N) is 1. The van der Waals surface area contributed by atoms with Crippen molar-refractivity contribution in [1.82, 2.24) is 4.90 Å². The van der Waals surface area contributed by atoms with Gasteiger partial charge in [0.1, 0.15) is 11.5 Å². The minimum Gasteiger partial charge on any atom is -0.457 e. The Kier molecular flexibility index (Phi) is 7.40. The maximum Gasteiger partial charge on any atom is 0.255 e. The monoisotopic (exact) mass is 442 g/mol. The fraction of sp³-hybridized carbons (Fsp3) is 0.286. The first-order valence-corrected chi connectivity index (χ1v) is 11.6. The molecule has 5 nitrogen and oxygen atoms in total. The fourth-order valence-corrected chi connectivity index (χ4v) is 4.26. The minimum atomic E-state index is -0.213. The van der Waals surface area contributed by atoms with Crippen molar-refractivity contribution in [3.63, 3.8) is 0 Å². The number of carbonyl (C=O) groups is 2. The summed E-state index contributed by atoms with van der Waals surface area (Å²) in [7, 11) is 1.87. The Bertz CT molecular complexity index is 1060. The van der Waals surface area contributed by atoms with E-state index in [0.717, 1.165) is 12.3 Å². The van der Waals surface area contributed by atoms with E-state index in [1.165, 1.54) is 32.1 Å². The number of nitrogens with zero attached hydrogens (tertiary/aromatic N) is 1. The number of hydrogen-bond donors (Lipinski definition) is 1. The average molecular weight is 443 g/mol. The molecule has 170 valence electrons. The van der Waals surface area contributed by atoms with Crippen molar-refractivity contribution in [1.29, 1.82) is 0 Å². The van der Waals surface area contributed by atoms with Crippen LogP contribution in [0.1, 0.15) is 52.8 Å². The number of para-hydroxylation sites is 1. The highest BCUT2D eigenvalue weighted by Gasteiger charge is 2.19. The summed E-state index contributed by atoms with van der Waals surface area (Å²) >= 11 is 0. The molecule has 1 N–H and O–H groups in total. The van der Waals surface area contributed by atoms with E-state index >= 15 is 0 Å². The summed E-state index contributed by atoms with van der Waals surface area (Å²) in [6.07, 6.45) is 6.27.